The lowest BCUT2D eigenvalue weighted by molar-refractivity contribution is 0.0932. The number of hydrogen-bond donors (Lipinski definition) is 1. The van der Waals surface area contributed by atoms with Crippen molar-refractivity contribution in [2.24, 2.45) is 7.05 Å². The van der Waals surface area contributed by atoms with Gasteiger partial charge in [-0.15, -0.1) is 0 Å². The molecule has 1 unspecified atom stereocenters. The predicted molar refractivity (Wildman–Crippen MR) is 97.5 cm³/mol. The summed E-state index contributed by atoms with van der Waals surface area (Å²) in [7, 11) is 1.66. The first-order valence-electron chi connectivity index (χ1n) is 9.36. The SMILES string of the molecule is Cn1nc2n(c1=O)CCC(NC(=O)c1cnc3c(c1)ncn3C1CC1)CC2. The van der Waals surface area contributed by atoms with Crippen LogP contribution in [0.1, 0.15) is 47.9 Å². The molecule has 0 saturated heterocycles. The summed E-state index contributed by atoms with van der Waals surface area (Å²) >= 11 is 0. The molecule has 27 heavy (non-hydrogen) atoms. The molecule has 1 fully saturated rings. The van der Waals surface area contributed by atoms with Crippen molar-refractivity contribution in [3.63, 3.8) is 0 Å². The summed E-state index contributed by atoms with van der Waals surface area (Å²) < 4.78 is 5.16. The molecule has 4 heterocycles. The molecule has 1 saturated carbocycles. The van der Waals surface area contributed by atoms with Crippen LogP contribution in [-0.4, -0.2) is 40.8 Å². The highest BCUT2D eigenvalue weighted by Gasteiger charge is 2.26. The quantitative estimate of drug-likeness (QED) is 0.738. The summed E-state index contributed by atoms with van der Waals surface area (Å²) in [6.45, 7) is 0.566. The Balaban J connectivity index is 1.30. The van der Waals surface area contributed by atoms with Crippen LogP contribution in [0.4, 0.5) is 0 Å². The molecule has 0 aromatic carbocycles. The number of aryl methyl sites for hydroxylation is 2. The van der Waals surface area contributed by atoms with Crippen molar-refractivity contribution in [3.05, 3.63) is 40.5 Å². The number of amides is 1. The second-order valence-corrected chi connectivity index (χ2v) is 7.42. The number of pyridine rings is 1. The lowest BCUT2D eigenvalue weighted by Crippen LogP contribution is -2.35. The van der Waals surface area contributed by atoms with Crippen LogP contribution in [0.15, 0.2) is 23.4 Å². The molecule has 0 bridgehead atoms. The van der Waals surface area contributed by atoms with E-state index in [4.69, 9.17) is 0 Å². The average Bonchev–Trinajstić information content (AvgIpc) is 3.40. The molecule has 3 aromatic rings. The van der Waals surface area contributed by atoms with Crippen molar-refractivity contribution in [3.8, 4) is 0 Å². The zero-order valence-electron chi connectivity index (χ0n) is 15.1. The molecular weight excluding hydrogens is 346 g/mol. The fourth-order valence-corrected chi connectivity index (χ4v) is 3.77. The van der Waals surface area contributed by atoms with Crippen molar-refractivity contribution in [1.29, 1.82) is 0 Å². The summed E-state index contributed by atoms with van der Waals surface area (Å²) in [4.78, 5) is 33.6. The van der Waals surface area contributed by atoms with E-state index in [0.717, 1.165) is 36.3 Å². The van der Waals surface area contributed by atoms with Gasteiger partial charge in [0.2, 0.25) is 0 Å². The van der Waals surface area contributed by atoms with E-state index in [0.29, 0.717) is 31.0 Å². The van der Waals surface area contributed by atoms with Gasteiger partial charge in [0.25, 0.3) is 5.91 Å². The molecule has 9 nitrogen and oxygen atoms in total. The number of nitrogens with one attached hydrogen (secondary N) is 1. The maximum Gasteiger partial charge on any atom is 0.345 e. The standard InChI is InChI=1S/C18H21N7O2/c1-23-18(27)24-7-6-12(2-5-15(24)22-23)21-17(26)11-8-14-16(19-9-11)25(10-20-14)13-3-4-13/h8-10,12-13H,2-7H2,1H3,(H,21,26). The maximum absolute atomic E-state index is 12.7. The van der Waals surface area contributed by atoms with Gasteiger partial charge < -0.3 is 9.88 Å². The molecule has 0 radical (unpaired) electrons. The van der Waals surface area contributed by atoms with Crippen LogP contribution in [0.25, 0.3) is 11.2 Å². The number of aromatic nitrogens is 6. The lowest BCUT2D eigenvalue weighted by Gasteiger charge is -2.16. The molecule has 1 aliphatic heterocycles. The van der Waals surface area contributed by atoms with Gasteiger partial charge in [0.05, 0.1) is 11.9 Å². The molecule has 3 aromatic heterocycles. The average molecular weight is 367 g/mol. The summed E-state index contributed by atoms with van der Waals surface area (Å²) in [6, 6.07) is 2.31. The minimum atomic E-state index is -0.150. The van der Waals surface area contributed by atoms with E-state index < -0.39 is 0 Å². The summed E-state index contributed by atoms with van der Waals surface area (Å²) in [5, 5.41) is 7.35. The topological polar surface area (TPSA) is 99.6 Å². The van der Waals surface area contributed by atoms with E-state index in [9.17, 15) is 9.59 Å². The third-order valence-electron chi connectivity index (χ3n) is 5.45. The first-order valence-corrected chi connectivity index (χ1v) is 9.36. The third kappa shape index (κ3) is 2.83. The first-order chi connectivity index (χ1) is 13.1. The predicted octanol–water partition coefficient (Wildman–Crippen LogP) is 0.796. The number of fused-ring (bicyclic) bond motifs is 2. The van der Waals surface area contributed by atoms with Crippen LogP contribution in [0.3, 0.4) is 0 Å². The molecule has 1 amide bonds. The number of imidazole rings is 1. The number of hydrogen-bond acceptors (Lipinski definition) is 5. The van der Waals surface area contributed by atoms with Crippen molar-refractivity contribution in [2.45, 2.75) is 50.7 Å². The zero-order valence-corrected chi connectivity index (χ0v) is 15.1. The molecule has 1 atom stereocenters. The van der Waals surface area contributed by atoms with E-state index in [2.05, 4.69) is 25.0 Å². The smallest absolute Gasteiger partial charge is 0.345 e. The molecular formula is C18H21N7O2. The fourth-order valence-electron chi connectivity index (χ4n) is 3.77. The third-order valence-corrected chi connectivity index (χ3v) is 5.45. The Kier molecular flexibility index (Phi) is 3.63. The van der Waals surface area contributed by atoms with Gasteiger partial charge in [-0.1, -0.05) is 0 Å². The Morgan fingerprint density at radius 1 is 1.22 bits per heavy atom. The van der Waals surface area contributed by atoms with Gasteiger partial charge in [0, 0.05) is 38.3 Å². The van der Waals surface area contributed by atoms with Crippen LogP contribution in [0.5, 0.6) is 0 Å². The van der Waals surface area contributed by atoms with E-state index >= 15 is 0 Å². The molecule has 140 valence electrons. The molecule has 1 aliphatic carbocycles. The summed E-state index contributed by atoms with van der Waals surface area (Å²) in [5.74, 6) is 0.635. The minimum Gasteiger partial charge on any atom is -0.349 e. The molecule has 0 spiro atoms. The van der Waals surface area contributed by atoms with E-state index in [1.54, 1.807) is 23.9 Å². The van der Waals surface area contributed by atoms with Crippen LogP contribution in [-0.2, 0) is 20.0 Å². The number of carbonyl (C=O) groups is 1. The highest BCUT2D eigenvalue weighted by Crippen LogP contribution is 2.36. The Bertz CT molecular complexity index is 1090. The Hall–Kier alpha value is -2.97. The number of carbonyl (C=O) groups excluding carboxylic acids is 1. The van der Waals surface area contributed by atoms with Crippen LogP contribution >= 0.6 is 0 Å². The molecule has 9 heteroatoms. The number of nitrogens with zero attached hydrogens (tertiary/aromatic N) is 6. The van der Waals surface area contributed by atoms with Gasteiger partial charge >= 0.3 is 5.69 Å². The van der Waals surface area contributed by atoms with Gasteiger partial charge in [-0.25, -0.2) is 19.4 Å². The maximum atomic E-state index is 12.7. The van der Waals surface area contributed by atoms with Crippen molar-refractivity contribution < 1.29 is 4.79 Å². The van der Waals surface area contributed by atoms with Crippen molar-refractivity contribution in [1.82, 2.24) is 34.2 Å². The highest BCUT2D eigenvalue weighted by molar-refractivity contribution is 5.96. The van der Waals surface area contributed by atoms with Crippen LogP contribution < -0.4 is 11.0 Å². The Labute approximate surface area is 155 Å². The zero-order chi connectivity index (χ0) is 18.5. The van der Waals surface area contributed by atoms with Gasteiger partial charge in [-0.2, -0.15) is 5.10 Å². The normalized spacial score (nSPS) is 19.7. The van der Waals surface area contributed by atoms with Crippen molar-refractivity contribution >= 4 is 17.1 Å². The Morgan fingerprint density at radius 2 is 2.07 bits per heavy atom. The van der Waals surface area contributed by atoms with Crippen molar-refractivity contribution in [2.75, 3.05) is 0 Å². The Morgan fingerprint density at radius 3 is 2.89 bits per heavy atom. The largest absolute Gasteiger partial charge is 0.349 e. The van der Waals surface area contributed by atoms with Crippen LogP contribution in [0, 0.1) is 0 Å². The molecule has 1 N–H and O–H groups in total. The fraction of sp³-hybridized carbons (Fsp3) is 0.500. The highest BCUT2D eigenvalue weighted by atomic mass is 16.2. The minimum absolute atomic E-state index is 0.00336. The van der Waals surface area contributed by atoms with Gasteiger partial charge in [0.1, 0.15) is 11.3 Å². The van der Waals surface area contributed by atoms with Gasteiger partial charge in [-0.05, 0) is 31.7 Å². The van der Waals surface area contributed by atoms with Gasteiger partial charge in [-0.3, -0.25) is 9.36 Å². The van der Waals surface area contributed by atoms with Gasteiger partial charge in [0.15, 0.2) is 5.65 Å². The van der Waals surface area contributed by atoms with E-state index in [-0.39, 0.29) is 17.6 Å². The van der Waals surface area contributed by atoms with E-state index in [1.165, 1.54) is 4.68 Å². The summed E-state index contributed by atoms with van der Waals surface area (Å²) in [5.41, 5.74) is 2.00. The lowest BCUT2D eigenvalue weighted by atomic mass is 10.1. The monoisotopic (exact) mass is 367 g/mol. The number of rotatable bonds is 3. The molecule has 5 rings (SSSR count). The van der Waals surface area contributed by atoms with Crippen LogP contribution in [0.2, 0.25) is 0 Å². The second kappa shape index (κ2) is 6.04. The second-order valence-electron chi connectivity index (χ2n) is 7.42. The van der Waals surface area contributed by atoms with E-state index in [1.807, 2.05) is 6.33 Å². The summed E-state index contributed by atoms with van der Waals surface area (Å²) in [6.07, 6.45) is 7.89. The molecule has 2 aliphatic rings. The first kappa shape index (κ1) is 16.2.